The Hall–Kier alpha value is -1.72. The number of hydrogen-bond donors (Lipinski definition) is 1. The summed E-state index contributed by atoms with van der Waals surface area (Å²) in [7, 11) is 0. The molecule has 0 unspecified atom stereocenters. The van der Waals surface area contributed by atoms with Crippen molar-refractivity contribution >= 4 is 35.0 Å². The van der Waals surface area contributed by atoms with Crippen LogP contribution in [0.5, 0.6) is 0 Å². The first-order valence-electron chi connectivity index (χ1n) is 5.59. The van der Waals surface area contributed by atoms with E-state index in [2.05, 4.69) is 9.97 Å². The molecule has 3 aromatic rings. The number of aromatic amines is 1. The predicted molar refractivity (Wildman–Crippen MR) is 76.0 cm³/mol. The van der Waals surface area contributed by atoms with Gasteiger partial charge < -0.3 is 4.98 Å². The molecule has 1 aromatic carbocycles. The van der Waals surface area contributed by atoms with Crippen molar-refractivity contribution < 1.29 is 4.39 Å². The smallest absolute Gasteiger partial charge is 0.184 e. The van der Waals surface area contributed by atoms with Crippen molar-refractivity contribution in [3.05, 3.63) is 51.6 Å². The highest BCUT2D eigenvalue weighted by Gasteiger charge is 2.11. The topological polar surface area (TPSA) is 33.6 Å². The molecule has 96 valence electrons. The number of pyridine rings is 1. The van der Waals surface area contributed by atoms with Crippen molar-refractivity contribution in [2.45, 2.75) is 6.92 Å². The molecule has 2 heterocycles. The minimum atomic E-state index is -0.483. The lowest BCUT2D eigenvalue weighted by Gasteiger charge is -2.05. The van der Waals surface area contributed by atoms with Crippen molar-refractivity contribution in [1.29, 1.82) is 0 Å². The highest BCUT2D eigenvalue weighted by Crippen LogP contribution is 2.23. The molecule has 3 rings (SSSR count). The lowest BCUT2D eigenvalue weighted by atomic mass is 10.2. The second-order valence-corrected chi connectivity index (χ2v) is 4.98. The first-order valence-corrected chi connectivity index (χ1v) is 6.38. The molecular weight excluding hydrogens is 285 g/mol. The molecule has 0 spiro atoms. The third-order valence-electron chi connectivity index (χ3n) is 2.95. The van der Waals surface area contributed by atoms with E-state index in [9.17, 15) is 4.39 Å². The first kappa shape index (κ1) is 12.3. The van der Waals surface area contributed by atoms with Crippen LogP contribution in [0.4, 0.5) is 4.39 Å². The van der Waals surface area contributed by atoms with E-state index in [4.69, 9.17) is 23.8 Å². The van der Waals surface area contributed by atoms with Crippen molar-refractivity contribution in [3.8, 4) is 5.69 Å². The second-order valence-electron chi connectivity index (χ2n) is 4.19. The number of nitrogens with zero attached hydrogens (tertiary/aromatic N) is 2. The zero-order valence-corrected chi connectivity index (χ0v) is 11.5. The van der Waals surface area contributed by atoms with Crippen LogP contribution in [-0.2, 0) is 0 Å². The van der Waals surface area contributed by atoms with E-state index in [1.54, 1.807) is 16.8 Å². The largest absolute Gasteiger partial charge is 0.329 e. The number of H-pyrrole nitrogens is 1. The third-order valence-corrected chi connectivity index (χ3v) is 3.54. The molecule has 0 fully saturated rings. The van der Waals surface area contributed by atoms with Crippen LogP contribution in [0.3, 0.4) is 0 Å². The van der Waals surface area contributed by atoms with Gasteiger partial charge in [0.15, 0.2) is 10.4 Å². The summed E-state index contributed by atoms with van der Waals surface area (Å²) in [4.78, 5) is 7.39. The maximum absolute atomic E-state index is 13.6. The van der Waals surface area contributed by atoms with Crippen LogP contribution in [-0.4, -0.2) is 14.5 Å². The Morgan fingerprint density at radius 3 is 2.89 bits per heavy atom. The summed E-state index contributed by atoms with van der Waals surface area (Å²) in [6.45, 7) is 1.96. The number of fused-ring (bicyclic) bond motifs is 1. The van der Waals surface area contributed by atoms with Crippen LogP contribution in [0.15, 0.2) is 30.5 Å². The fraction of sp³-hybridized carbons (Fsp3) is 0.0769. The number of halogens is 2. The number of aryl methyl sites for hydroxylation is 1. The van der Waals surface area contributed by atoms with Crippen molar-refractivity contribution in [1.82, 2.24) is 14.5 Å². The highest BCUT2D eigenvalue weighted by atomic mass is 35.5. The van der Waals surface area contributed by atoms with Crippen LogP contribution in [0.25, 0.3) is 16.9 Å². The van der Waals surface area contributed by atoms with Gasteiger partial charge in [-0.15, -0.1) is 0 Å². The Labute approximate surface area is 118 Å². The maximum atomic E-state index is 13.6. The van der Waals surface area contributed by atoms with E-state index in [1.165, 1.54) is 12.1 Å². The quantitative estimate of drug-likeness (QED) is 0.683. The summed E-state index contributed by atoms with van der Waals surface area (Å²) in [5.41, 5.74) is 3.15. The fourth-order valence-corrected chi connectivity index (χ4v) is 2.40. The Bertz CT molecular complexity index is 838. The summed E-state index contributed by atoms with van der Waals surface area (Å²) in [6.07, 6.45) is 1.70. The van der Waals surface area contributed by atoms with E-state index in [1.807, 2.05) is 13.0 Å². The third kappa shape index (κ3) is 1.95. The monoisotopic (exact) mass is 293 g/mol. The van der Waals surface area contributed by atoms with Gasteiger partial charge in [0.1, 0.15) is 5.82 Å². The molecule has 0 atom stereocenters. The standard InChI is InChI=1S/C13H9ClFN3S/c1-7-4-5-16-12-11(7)17-13(19)18(12)8-2-3-9(14)10(15)6-8/h2-6H,1H3,(H,17,19). The molecule has 0 bridgehead atoms. The van der Waals surface area contributed by atoms with E-state index < -0.39 is 5.82 Å². The zero-order valence-electron chi connectivity index (χ0n) is 9.95. The summed E-state index contributed by atoms with van der Waals surface area (Å²) < 4.78 is 15.7. The van der Waals surface area contributed by atoms with Gasteiger partial charge in [0, 0.05) is 6.20 Å². The van der Waals surface area contributed by atoms with Gasteiger partial charge in [0.05, 0.1) is 16.2 Å². The normalized spacial score (nSPS) is 11.1. The van der Waals surface area contributed by atoms with Gasteiger partial charge in [-0.3, -0.25) is 4.57 Å². The van der Waals surface area contributed by atoms with Crippen LogP contribution in [0.1, 0.15) is 5.56 Å². The Morgan fingerprint density at radius 2 is 2.16 bits per heavy atom. The molecule has 2 aromatic heterocycles. The van der Waals surface area contributed by atoms with E-state index in [0.29, 0.717) is 16.1 Å². The van der Waals surface area contributed by atoms with Crippen LogP contribution < -0.4 is 0 Å². The minimum absolute atomic E-state index is 0.0826. The Morgan fingerprint density at radius 1 is 1.37 bits per heavy atom. The van der Waals surface area contributed by atoms with Gasteiger partial charge in [-0.2, -0.15) is 0 Å². The number of imidazole rings is 1. The average Bonchev–Trinajstić information content (AvgIpc) is 2.71. The molecule has 1 N–H and O–H groups in total. The van der Waals surface area contributed by atoms with Gasteiger partial charge in [-0.1, -0.05) is 11.6 Å². The second kappa shape index (κ2) is 4.43. The first-order chi connectivity index (χ1) is 9.08. The summed E-state index contributed by atoms with van der Waals surface area (Å²) in [5, 5.41) is 0.0826. The van der Waals surface area contributed by atoms with Crippen molar-refractivity contribution in [2.75, 3.05) is 0 Å². The number of rotatable bonds is 1. The van der Waals surface area contributed by atoms with Gasteiger partial charge in [-0.05, 0) is 49.0 Å². The molecular formula is C13H9ClFN3S. The molecule has 3 nitrogen and oxygen atoms in total. The Balaban J connectivity index is 2.36. The highest BCUT2D eigenvalue weighted by molar-refractivity contribution is 7.71. The van der Waals surface area contributed by atoms with Crippen molar-refractivity contribution in [2.24, 2.45) is 0 Å². The molecule has 0 radical (unpaired) electrons. The van der Waals surface area contributed by atoms with Crippen LogP contribution in [0.2, 0.25) is 5.02 Å². The molecule has 0 saturated heterocycles. The van der Waals surface area contributed by atoms with Gasteiger partial charge in [0.2, 0.25) is 0 Å². The molecule has 6 heteroatoms. The fourth-order valence-electron chi connectivity index (χ4n) is 1.99. The van der Waals surface area contributed by atoms with Gasteiger partial charge >= 0.3 is 0 Å². The lowest BCUT2D eigenvalue weighted by molar-refractivity contribution is 0.627. The van der Waals surface area contributed by atoms with Crippen LogP contribution >= 0.6 is 23.8 Å². The lowest BCUT2D eigenvalue weighted by Crippen LogP contribution is -1.96. The predicted octanol–water partition coefficient (Wildman–Crippen LogP) is 4.18. The number of aromatic nitrogens is 3. The number of nitrogens with one attached hydrogen (secondary N) is 1. The van der Waals surface area contributed by atoms with Crippen molar-refractivity contribution in [3.63, 3.8) is 0 Å². The van der Waals surface area contributed by atoms with E-state index in [-0.39, 0.29) is 5.02 Å². The molecule has 0 aliphatic heterocycles. The maximum Gasteiger partial charge on any atom is 0.184 e. The molecule has 0 amide bonds. The Kier molecular flexibility index (Phi) is 2.88. The summed E-state index contributed by atoms with van der Waals surface area (Å²) in [6, 6.07) is 6.44. The minimum Gasteiger partial charge on any atom is -0.329 e. The molecule has 19 heavy (non-hydrogen) atoms. The number of hydrogen-bond acceptors (Lipinski definition) is 2. The van der Waals surface area contributed by atoms with Crippen LogP contribution in [0, 0.1) is 17.5 Å². The summed E-state index contributed by atoms with van der Waals surface area (Å²) >= 11 is 11.0. The van der Waals surface area contributed by atoms with Gasteiger partial charge in [0.25, 0.3) is 0 Å². The average molecular weight is 294 g/mol. The molecule has 0 aliphatic carbocycles. The molecule has 0 saturated carbocycles. The van der Waals surface area contributed by atoms with E-state index >= 15 is 0 Å². The van der Waals surface area contributed by atoms with Gasteiger partial charge in [-0.25, -0.2) is 9.37 Å². The molecule has 0 aliphatic rings. The summed E-state index contributed by atoms with van der Waals surface area (Å²) in [5.74, 6) is -0.483. The zero-order chi connectivity index (χ0) is 13.6. The number of benzene rings is 1. The van der Waals surface area contributed by atoms with E-state index in [0.717, 1.165) is 11.1 Å². The SMILES string of the molecule is Cc1ccnc2c1[nH]c(=S)n2-c1ccc(Cl)c(F)c1.